The number of nitrogens with one attached hydrogen (secondary N) is 1. The van der Waals surface area contributed by atoms with Crippen molar-refractivity contribution in [1.82, 2.24) is 0 Å². The van der Waals surface area contributed by atoms with Crippen molar-refractivity contribution in [1.29, 1.82) is 0 Å². The number of halogens is 1. The summed E-state index contributed by atoms with van der Waals surface area (Å²) < 4.78 is 5.56. The topological polar surface area (TPSA) is 58.6 Å². The van der Waals surface area contributed by atoms with E-state index in [4.69, 9.17) is 16.3 Å². The Bertz CT molecular complexity index is 1120. The van der Waals surface area contributed by atoms with Crippen LogP contribution in [-0.4, -0.2) is 18.4 Å². The van der Waals surface area contributed by atoms with Gasteiger partial charge in [0.2, 0.25) is 5.91 Å². The molecular weight excluding hydrogens is 412 g/mol. The first-order valence-corrected chi connectivity index (χ1v) is 10.5. The Kier molecular flexibility index (Phi) is 6.23. The van der Waals surface area contributed by atoms with Crippen LogP contribution in [0.3, 0.4) is 0 Å². The van der Waals surface area contributed by atoms with Gasteiger partial charge in [0.05, 0.1) is 6.54 Å². The Labute approximate surface area is 186 Å². The summed E-state index contributed by atoms with van der Waals surface area (Å²) in [5.74, 6) is 0.456. The minimum Gasteiger partial charge on any atom is -0.484 e. The first-order chi connectivity index (χ1) is 15.0. The number of amides is 2. The van der Waals surface area contributed by atoms with Gasteiger partial charge in [-0.25, -0.2) is 0 Å². The molecule has 1 heterocycles. The summed E-state index contributed by atoms with van der Waals surface area (Å²) in [7, 11) is 0. The number of aryl methyl sites for hydroxylation is 2. The molecule has 0 unspecified atom stereocenters. The quantitative estimate of drug-likeness (QED) is 0.584. The molecule has 0 fully saturated rings. The Balaban J connectivity index is 1.42. The molecule has 0 aromatic heterocycles. The summed E-state index contributed by atoms with van der Waals surface area (Å²) in [6.07, 6.45) is 1.11. The van der Waals surface area contributed by atoms with E-state index in [0.29, 0.717) is 35.8 Å². The SMILES string of the molecule is Cc1cc(OCC(=O)Nc2ccc3c(c2)CCC(=O)N3Cc2ccccc2)ccc1Cl. The lowest BCUT2D eigenvalue weighted by atomic mass is 9.99. The summed E-state index contributed by atoms with van der Waals surface area (Å²) in [5, 5.41) is 3.53. The molecule has 6 heteroatoms. The summed E-state index contributed by atoms with van der Waals surface area (Å²) in [6, 6.07) is 20.9. The Morgan fingerprint density at radius 3 is 2.65 bits per heavy atom. The molecule has 1 N–H and O–H groups in total. The number of carbonyl (C=O) groups is 2. The van der Waals surface area contributed by atoms with Crippen LogP contribution in [-0.2, 0) is 22.6 Å². The predicted molar refractivity (Wildman–Crippen MR) is 123 cm³/mol. The van der Waals surface area contributed by atoms with E-state index in [1.807, 2.05) is 60.4 Å². The molecule has 4 rings (SSSR count). The van der Waals surface area contributed by atoms with Gasteiger partial charge in [-0.15, -0.1) is 0 Å². The van der Waals surface area contributed by atoms with Gasteiger partial charge < -0.3 is 15.0 Å². The summed E-state index contributed by atoms with van der Waals surface area (Å²) in [4.78, 5) is 26.7. The number of anilines is 2. The van der Waals surface area contributed by atoms with E-state index in [1.165, 1.54) is 0 Å². The maximum absolute atomic E-state index is 12.5. The van der Waals surface area contributed by atoms with Crippen molar-refractivity contribution < 1.29 is 14.3 Å². The Morgan fingerprint density at radius 2 is 1.87 bits per heavy atom. The predicted octanol–water partition coefficient (Wildman–Crippen LogP) is 5.15. The Morgan fingerprint density at radius 1 is 1.06 bits per heavy atom. The molecule has 0 bridgehead atoms. The number of benzene rings is 3. The van der Waals surface area contributed by atoms with Gasteiger partial charge in [-0.2, -0.15) is 0 Å². The summed E-state index contributed by atoms with van der Waals surface area (Å²) >= 11 is 6.01. The number of fused-ring (bicyclic) bond motifs is 1. The lowest BCUT2D eigenvalue weighted by molar-refractivity contribution is -0.119. The van der Waals surface area contributed by atoms with Gasteiger partial charge >= 0.3 is 0 Å². The number of nitrogens with zero attached hydrogens (tertiary/aromatic N) is 1. The van der Waals surface area contributed by atoms with Gasteiger partial charge in [0.15, 0.2) is 6.61 Å². The highest BCUT2D eigenvalue weighted by molar-refractivity contribution is 6.31. The number of ether oxygens (including phenoxy) is 1. The van der Waals surface area contributed by atoms with Gasteiger partial charge in [0.1, 0.15) is 5.75 Å². The fourth-order valence-corrected chi connectivity index (χ4v) is 3.75. The van der Waals surface area contributed by atoms with E-state index < -0.39 is 0 Å². The average molecular weight is 435 g/mol. The molecule has 0 spiro atoms. The highest BCUT2D eigenvalue weighted by atomic mass is 35.5. The van der Waals surface area contributed by atoms with E-state index in [2.05, 4.69) is 5.32 Å². The fraction of sp³-hybridized carbons (Fsp3) is 0.200. The first-order valence-electron chi connectivity index (χ1n) is 10.2. The van der Waals surface area contributed by atoms with Crippen molar-refractivity contribution in [2.24, 2.45) is 0 Å². The van der Waals surface area contributed by atoms with E-state index in [1.54, 1.807) is 18.2 Å². The summed E-state index contributed by atoms with van der Waals surface area (Å²) in [5.41, 5.74) is 4.60. The van der Waals surface area contributed by atoms with Gasteiger partial charge in [0, 0.05) is 22.8 Å². The summed E-state index contributed by atoms with van der Waals surface area (Å²) in [6.45, 7) is 2.32. The zero-order valence-corrected chi connectivity index (χ0v) is 18.0. The zero-order chi connectivity index (χ0) is 21.8. The van der Waals surface area contributed by atoms with Gasteiger partial charge in [-0.3, -0.25) is 9.59 Å². The van der Waals surface area contributed by atoms with Gasteiger partial charge in [-0.05, 0) is 66.4 Å². The van der Waals surface area contributed by atoms with Crippen LogP contribution < -0.4 is 15.0 Å². The van der Waals surface area contributed by atoms with Crippen molar-refractivity contribution in [3.63, 3.8) is 0 Å². The highest BCUT2D eigenvalue weighted by Gasteiger charge is 2.24. The lowest BCUT2D eigenvalue weighted by Crippen LogP contribution is -2.34. The molecular formula is C25H23ClN2O3. The van der Waals surface area contributed by atoms with Crippen molar-refractivity contribution in [2.75, 3.05) is 16.8 Å². The second kappa shape index (κ2) is 9.23. The van der Waals surface area contributed by atoms with Gasteiger partial charge in [-0.1, -0.05) is 41.9 Å². The number of hydrogen-bond acceptors (Lipinski definition) is 3. The third kappa shape index (κ3) is 5.06. The van der Waals surface area contributed by atoms with Crippen LogP contribution in [0.5, 0.6) is 5.75 Å². The third-order valence-electron chi connectivity index (χ3n) is 5.25. The lowest BCUT2D eigenvalue weighted by Gasteiger charge is -2.30. The molecule has 2 amide bonds. The van der Waals surface area contributed by atoms with Crippen LogP contribution in [0.25, 0.3) is 0 Å². The van der Waals surface area contributed by atoms with Crippen molar-refractivity contribution in [2.45, 2.75) is 26.3 Å². The monoisotopic (exact) mass is 434 g/mol. The minimum absolute atomic E-state index is 0.100. The smallest absolute Gasteiger partial charge is 0.262 e. The second-order valence-electron chi connectivity index (χ2n) is 7.56. The number of hydrogen-bond donors (Lipinski definition) is 1. The molecule has 0 saturated carbocycles. The third-order valence-corrected chi connectivity index (χ3v) is 5.67. The number of rotatable bonds is 6. The van der Waals surface area contributed by atoms with Crippen LogP contribution in [0.2, 0.25) is 5.02 Å². The highest BCUT2D eigenvalue weighted by Crippen LogP contribution is 2.31. The van der Waals surface area contributed by atoms with Crippen LogP contribution in [0.4, 0.5) is 11.4 Å². The normalized spacial score (nSPS) is 13.0. The van der Waals surface area contributed by atoms with Crippen LogP contribution in [0.1, 0.15) is 23.1 Å². The maximum Gasteiger partial charge on any atom is 0.262 e. The standard InChI is InChI=1S/C25H23ClN2O3/c1-17-13-21(9-10-22(17)26)31-16-24(29)27-20-8-11-23-19(14-20)7-12-25(30)28(23)15-18-5-3-2-4-6-18/h2-6,8-11,13-14H,7,12,15-16H2,1H3,(H,27,29). The average Bonchev–Trinajstić information content (AvgIpc) is 2.77. The minimum atomic E-state index is -0.249. The molecule has 0 saturated heterocycles. The van der Waals surface area contributed by atoms with E-state index in [-0.39, 0.29) is 18.4 Å². The first kappa shape index (κ1) is 20.9. The zero-order valence-electron chi connectivity index (χ0n) is 17.2. The van der Waals surface area contributed by atoms with Crippen molar-refractivity contribution >= 4 is 34.8 Å². The number of carbonyl (C=O) groups excluding carboxylic acids is 2. The molecule has 158 valence electrons. The fourth-order valence-electron chi connectivity index (χ4n) is 3.63. The van der Waals surface area contributed by atoms with E-state index >= 15 is 0 Å². The maximum atomic E-state index is 12.5. The molecule has 3 aromatic rings. The molecule has 1 aliphatic heterocycles. The molecule has 3 aromatic carbocycles. The molecule has 0 aliphatic carbocycles. The largest absolute Gasteiger partial charge is 0.484 e. The molecule has 31 heavy (non-hydrogen) atoms. The molecule has 0 radical (unpaired) electrons. The molecule has 0 atom stereocenters. The van der Waals surface area contributed by atoms with Crippen LogP contribution >= 0.6 is 11.6 Å². The Hall–Kier alpha value is -3.31. The van der Waals surface area contributed by atoms with Gasteiger partial charge in [0.25, 0.3) is 5.91 Å². The van der Waals surface area contributed by atoms with E-state index in [9.17, 15) is 9.59 Å². The van der Waals surface area contributed by atoms with E-state index in [0.717, 1.165) is 22.4 Å². The molecule has 5 nitrogen and oxygen atoms in total. The van der Waals surface area contributed by atoms with Crippen molar-refractivity contribution in [3.8, 4) is 5.75 Å². The second-order valence-corrected chi connectivity index (χ2v) is 7.96. The van der Waals surface area contributed by atoms with Crippen LogP contribution in [0.15, 0.2) is 66.7 Å². The molecule has 1 aliphatic rings. The van der Waals surface area contributed by atoms with Crippen LogP contribution in [0, 0.1) is 6.92 Å². The van der Waals surface area contributed by atoms with Crippen molar-refractivity contribution in [3.05, 3.63) is 88.4 Å².